The first-order chi connectivity index (χ1) is 8.97. The summed E-state index contributed by atoms with van der Waals surface area (Å²) in [6.45, 7) is 1.48. The molecule has 3 nitrogen and oxygen atoms in total. The molecule has 2 aromatic carbocycles. The molecule has 0 aliphatic heterocycles. The van der Waals surface area contributed by atoms with Gasteiger partial charge in [-0.25, -0.2) is 0 Å². The van der Waals surface area contributed by atoms with Crippen LogP contribution in [0.4, 0.5) is 17.1 Å². The number of nitrogen functional groups attached to an aromatic ring is 1. The van der Waals surface area contributed by atoms with Crippen molar-refractivity contribution >= 4 is 46.0 Å². The van der Waals surface area contributed by atoms with Gasteiger partial charge in [0.15, 0.2) is 5.78 Å². The van der Waals surface area contributed by atoms with Crippen molar-refractivity contribution in [1.29, 1.82) is 0 Å². The lowest BCUT2D eigenvalue weighted by molar-refractivity contribution is 0.101. The maximum Gasteiger partial charge on any atom is 0.161 e. The molecule has 0 bridgehead atoms. The molecule has 0 unspecified atom stereocenters. The second kappa shape index (κ2) is 5.51. The minimum atomic E-state index is -0.0650. The van der Waals surface area contributed by atoms with E-state index >= 15 is 0 Å². The summed E-state index contributed by atoms with van der Waals surface area (Å²) in [5, 5.41) is 4.25. The van der Waals surface area contributed by atoms with E-state index in [4.69, 9.17) is 28.9 Å². The van der Waals surface area contributed by atoms with E-state index < -0.39 is 0 Å². The number of carbonyl (C=O) groups is 1. The lowest BCUT2D eigenvalue weighted by Crippen LogP contribution is -2.01. The zero-order chi connectivity index (χ0) is 14.0. The molecule has 0 radical (unpaired) electrons. The van der Waals surface area contributed by atoms with Crippen LogP contribution in [0.2, 0.25) is 10.0 Å². The zero-order valence-corrected chi connectivity index (χ0v) is 11.7. The minimum Gasteiger partial charge on any atom is -0.398 e. The third kappa shape index (κ3) is 3.19. The van der Waals surface area contributed by atoms with Gasteiger partial charge in [-0.1, -0.05) is 23.2 Å². The van der Waals surface area contributed by atoms with Gasteiger partial charge in [0.1, 0.15) is 0 Å². The zero-order valence-electron chi connectivity index (χ0n) is 10.2. The molecule has 0 aliphatic carbocycles. The third-order valence-electron chi connectivity index (χ3n) is 2.64. The molecule has 0 fully saturated rings. The summed E-state index contributed by atoms with van der Waals surface area (Å²) in [4.78, 5) is 11.3. The standard InChI is InChI=1S/C14H12Cl2N2O/c1-8(19)11-4-3-10(7-13(11)17)18-14-6-9(15)2-5-12(14)16/h2-7,18H,17H2,1H3. The molecule has 0 aromatic heterocycles. The SMILES string of the molecule is CC(=O)c1ccc(Nc2cc(Cl)ccc2Cl)cc1N. The van der Waals surface area contributed by atoms with E-state index in [0.29, 0.717) is 27.0 Å². The fourth-order valence-corrected chi connectivity index (χ4v) is 2.05. The van der Waals surface area contributed by atoms with Crippen molar-refractivity contribution in [3.8, 4) is 0 Å². The van der Waals surface area contributed by atoms with Crippen LogP contribution in [0.15, 0.2) is 36.4 Å². The largest absolute Gasteiger partial charge is 0.398 e. The van der Waals surface area contributed by atoms with Crippen LogP contribution < -0.4 is 11.1 Å². The number of hydrogen-bond donors (Lipinski definition) is 2. The number of halogens is 2. The summed E-state index contributed by atoms with van der Waals surface area (Å²) in [5.41, 5.74) is 8.18. The average Bonchev–Trinajstić information content (AvgIpc) is 2.33. The van der Waals surface area contributed by atoms with Crippen molar-refractivity contribution < 1.29 is 4.79 Å². The first-order valence-corrected chi connectivity index (χ1v) is 6.35. The number of rotatable bonds is 3. The molecule has 0 spiro atoms. The molecule has 98 valence electrons. The highest BCUT2D eigenvalue weighted by Gasteiger charge is 2.07. The molecule has 0 saturated heterocycles. The number of ketones is 1. The number of Topliss-reactive ketones (excluding diaryl/α,β-unsaturated/α-hetero) is 1. The Hall–Kier alpha value is -1.71. The average molecular weight is 295 g/mol. The Labute approximate surface area is 121 Å². The first-order valence-electron chi connectivity index (χ1n) is 5.60. The lowest BCUT2D eigenvalue weighted by Gasteiger charge is -2.10. The van der Waals surface area contributed by atoms with Crippen LogP contribution in [-0.4, -0.2) is 5.78 Å². The maximum atomic E-state index is 11.3. The predicted octanol–water partition coefficient (Wildman–Crippen LogP) is 4.52. The van der Waals surface area contributed by atoms with Crippen molar-refractivity contribution in [2.45, 2.75) is 6.92 Å². The van der Waals surface area contributed by atoms with Gasteiger partial charge in [0, 0.05) is 22.0 Å². The molecule has 3 N–H and O–H groups in total. The lowest BCUT2D eigenvalue weighted by atomic mass is 10.1. The predicted molar refractivity (Wildman–Crippen MR) is 80.6 cm³/mol. The van der Waals surface area contributed by atoms with Gasteiger partial charge < -0.3 is 11.1 Å². The Balaban J connectivity index is 2.31. The highest BCUT2D eigenvalue weighted by atomic mass is 35.5. The van der Waals surface area contributed by atoms with Gasteiger partial charge in [-0.05, 0) is 43.3 Å². The van der Waals surface area contributed by atoms with E-state index in [2.05, 4.69) is 5.32 Å². The number of carbonyl (C=O) groups excluding carboxylic acids is 1. The van der Waals surface area contributed by atoms with Crippen molar-refractivity contribution in [1.82, 2.24) is 0 Å². The van der Waals surface area contributed by atoms with Gasteiger partial charge in [-0.3, -0.25) is 4.79 Å². The smallest absolute Gasteiger partial charge is 0.161 e. The molecule has 0 saturated carbocycles. The molecule has 19 heavy (non-hydrogen) atoms. The maximum absolute atomic E-state index is 11.3. The van der Waals surface area contributed by atoms with E-state index in [9.17, 15) is 4.79 Å². The van der Waals surface area contributed by atoms with Crippen molar-refractivity contribution in [3.05, 3.63) is 52.0 Å². The molecule has 0 aliphatic rings. The number of hydrogen-bond acceptors (Lipinski definition) is 3. The minimum absolute atomic E-state index is 0.0650. The summed E-state index contributed by atoms with van der Waals surface area (Å²) in [7, 11) is 0. The van der Waals surface area contributed by atoms with Crippen molar-refractivity contribution in [3.63, 3.8) is 0 Å². The highest BCUT2D eigenvalue weighted by Crippen LogP contribution is 2.29. The first kappa shape index (κ1) is 13.7. The molecule has 0 heterocycles. The molecule has 2 aromatic rings. The van der Waals surface area contributed by atoms with Crippen LogP contribution in [0.3, 0.4) is 0 Å². The van der Waals surface area contributed by atoms with Gasteiger partial charge in [-0.15, -0.1) is 0 Å². The van der Waals surface area contributed by atoms with Crippen LogP contribution >= 0.6 is 23.2 Å². The number of benzene rings is 2. The van der Waals surface area contributed by atoms with E-state index in [0.717, 1.165) is 5.69 Å². The van der Waals surface area contributed by atoms with Crippen molar-refractivity contribution in [2.24, 2.45) is 0 Å². The van der Waals surface area contributed by atoms with Crippen molar-refractivity contribution in [2.75, 3.05) is 11.1 Å². The Morgan fingerprint density at radius 1 is 1.16 bits per heavy atom. The Kier molecular flexibility index (Phi) is 3.98. The normalized spacial score (nSPS) is 10.3. The molecule has 0 atom stereocenters. The summed E-state index contributed by atoms with van der Waals surface area (Å²) in [6, 6.07) is 10.3. The Morgan fingerprint density at radius 2 is 1.89 bits per heavy atom. The monoisotopic (exact) mass is 294 g/mol. The quantitative estimate of drug-likeness (QED) is 0.646. The third-order valence-corrected chi connectivity index (χ3v) is 3.20. The van der Waals surface area contributed by atoms with Crippen LogP contribution in [0, 0.1) is 0 Å². The van der Waals surface area contributed by atoms with Crippen LogP contribution in [-0.2, 0) is 0 Å². The second-order valence-electron chi connectivity index (χ2n) is 4.11. The van der Waals surface area contributed by atoms with Gasteiger partial charge in [0.25, 0.3) is 0 Å². The Bertz CT molecular complexity index is 641. The van der Waals surface area contributed by atoms with Crippen LogP contribution in [0.25, 0.3) is 0 Å². The molecule has 0 amide bonds. The summed E-state index contributed by atoms with van der Waals surface area (Å²) < 4.78 is 0. The van der Waals surface area contributed by atoms with Gasteiger partial charge in [0.05, 0.1) is 10.7 Å². The van der Waals surface area contributed by atoms with Gasteiger partial charge >= 0.3 is 0 Å². The molecule has 5 heteroatoms. The van der Waals surface area contributed by atoms with E-state index in [1.165, 1.54) is 6.92 Å². The number of anilines is 3. The number of nitrogens with one attached hydrogen (secondary N) is 1. The highest BCUT2D eigenvalue weighted by molar-refractivity contribution is 6.35. The fraction of sp³-hybridized carbons (Fsp3) is 0.0714. The van der Waals surface area contributed by atoms with Gasteiger partial charge in [-0.2, -0.15) is 0 Å². The summed E-state index contributed by atoms with van der Waals surface area (Å²) >= 11 is 12.0. The van der Waals surface area contributed by atoms with Crippen LogP contribution in [0.1, 0.15) is 17.3 Å². The summed E-state index contributed by atoms with van der Waals surface area (Å²) in [6.07, 6.45) is 0. The molecule has 2 rings (SSSR count). The number of nitrogens with two attached hydrogens (primary N) is 1. The second-order valence-corrected chi connectivity index (χ2v) is 4.95. The fourth-order valence-electron chi connectivity index (χ4n) is 1.71. The molecular formula is C14H12Cl2N2O. The Morgan fingerprint density at radius 3 is 2.53 bits per heavy atom. The summed E-state index contributed by atoms with van der Waals surface area (Å²) in [5.74, 6) is -0.0650. The van der Waals surface area contributed by atoms with E-state index in [1.54, 1.807) is 36.4 Å². The topological polar surface area (TPSA) is 55.1 Å². The van der Waals surface area contributed by atoms with Gasteiger partial charge in [0.2, 0.25) is 0 Å². The van der Waals surface area contributed by atoms with E-state index in [1.807, 2.05) is 0 Å². The molecular weight excluding hydrogens is 283 g/mol. The van der Waals surface area contributed by atoms with Crippen LogP contribution in [0.5, 0.6) is 0 Å². The van der Waals surface area contributed by atoms with E-state index in [-0.39, 0.29) is 5.78 Å².